The molecule has 3 N–H and O–H groups in total. The van der Waals surface area contributed by atoms with E-state index in [4.69, 9.17) is 9.05 Å². The summed E-state index contributed by atoms with van der Waals surface area (Å²) in [5, 5.41) is 14.2. The summed E-state index contributed by atoms with van der Waals surface area (Å²) >= 11 is 0. The molecule has 0 bridgehead atoms. The maximum Gasteiger partial charge on any atom is 0.472 e. The lowest BCUT2D eigenvalue weighted by atomic mass is 10.0. The molecule has 0 aromatic heterocycles. The third-order valence-electron chi connectivity index (χ3n) is 19.1. The number of likely N-dealkylation sites (N-methyl/N-ethyl adjacent to an activating group) is 1. The predicted octanol–water partition coefficient (Wildman–Crippen LogP) is 25.8. The molecular formula is C78H160N2O6P+. The number of aliphatic hydroxyl groups excluding tert-OH is 1. The van der Waals surface area contributed by atoms with Gasteiger partial charge in [-0.1, -0.05) is 425 Å². The fraction of sp³-hybridized carbons (Fsp3) is 0.987. The largest absolute Gasteiger partial charge is 0.472 e. The van der Waals surface area contributed by atoms with Crippen LogP contribution >= 0.6 is 7.82 Å². The van der Waals surface area contributed by atoms with E-state index in [0.29, 0.717) is 23.9 Å². The lowest BCUT2D eigenvalue weighted by Crippen LogP contribution is -2.46. The number of phosphoric acid groups is 1. The molecule has 522 valence electrons. The lowest BCUT2D eigenvalue weighted by Gasteiger charge is -2.26. The van der Waals surface area contributed by atoms with Gasteiger partial charge in [-0.25, -0.2) is 4.57 Å². The van der Waals surface area contributed by atoms with Crippen molar-refractivity contribution in [1.29, 1.82) is 0 Å². The van der Waals surface area contributed by atoms with E-state index in [1.54, 1.807) is 0 Å². The van der Waals surface area contributed by atoms with E-state index in [2.05, 4.69) is 19.2 Å². The number of phosphoric ester groups is 1. The molecule has 3 atom stereocenters. The van der Waals surface area contributed by atoms with Gasteiger partial charge in [0.1, 0.15) is 13.2 Å². The molecule has 0 saturated heterocycles. The highest BCUT2D eigenvalue weighted by Crippen LogP contribution is 2.43. The number of hydrogen-bond donors (Lipinski definition) is 3. The molecule has 3 unspecified atom stereocenters. The number of nitrogens with zero attached hydrogens (tertiary/aromatic N) is 1. The SMILES string of the molecule is CCCCCCCCCCCCCCCCCCCCCCCCCCCCCCCCCCCCCCCCCC(=O)NC(COP(=O)(O)OCC[N+](C)(C)C)C(O)CCCCCCCCCCCCCCCCCCCCCCCCCCCC. The van der Waals surface area contributed by atoms with Crippen LogP contribution in [0, 0.1) is 0 Å². The van der Waals surface area contributed by atoms with Gasteiger partial charge in [-0.2, -0.15) is 0 Å². The number of rotatable bonds is 76. The fourth-order valence-corrected chi connectivity index (χ4v) is 13.7. The molecule has 0 radical (unpaired) electrons. The molecule has 0 aliphatic heterocycles. The Kier molecular flexibility index (Phi) is 69.4. The molecule has 0 aromatic carbocycles. The molecule has 0 aliphatic rings. The molecule has 0 spiro atoms. The quantitative estimate of drug-likeness (QED) is 0.0318. The molecule has 0 aliphatic carbocycles. The van der Waals surface area contributed by atoms with Gasteiger partial charge in [0.05, 0.1) is 39.9 Å². The molecular weight excluding hydrogens is 1090 g/mol. The number of amides is 1. The maximum absolute atomic E-state index is 13.1. The normalized spacial score (nSPS) is 13.4. The third kappa shape index (κ3) is 72.8. The summed E-state index contributed by atoms with van der Waals surface area (Å²) in [6, 6.07) is -0.758. The van der Waals surface area contributed by atoms with E-state index < -0.39 is 20.0 Å². The van der Waals surface area contributed by atoms with Gasteiger partial charge in [0.2, 0.25) is 5.91 Å². The van der Waals surface area contributed by atoms with Crippen molar-refractivity contribution in [2.45, 2.75) is 456 Å². The van der Waals surface area contributed by atoms with Crippen molar-refractivity contribution in [3.05, 3.63) is 0 Å². The monoisotopic (exact) mass is 1250 g/mol. The second-order valence-corrected chi connectivity index (χ2v) is 30.6. The molecule has 0 rings (SSSR count). The van der Waals surface area contributed by atoms with Crippen LogP contribution in [0.25, 0.3) is 0 Å². The van der Waals surface area contributed by atoms with Crippen LogP contribution in [-0.2, 0) is 18.4 Å². The summed E-state index contributed by atoms with van der Waals surface area (Å²) < 4.78 is 24.0. The van der Waals surface area contributed by atoms with Crippen molar-refractivity contribution in [2.24, 2.45) is 0 Å². The molecule has 0 fully saturated rings. The predicted molar refractivity (Wildman–Crippen MR) is 383 cm³/mol. The zero-order chi connectivity index (χ0) is 63.4. The van der Waals surface area contributed by atoms with E-state index in [1.165, 1.54) is 379 Å². The van der Waals surface area contributed by atoms with Crippen LogP contribution in [0.2, 0.25) is 0 Å². The van der Waals surface area contributed by atoms with Gasteiger partial charge >= 0.3 is 7.82 Å². The van der Waals surface area contributed by atoms with Crippen molar-refractivity contribution < 1.29 is 32.9 Å². The van der Waals surface area contributed by atoms with Gasteiger partial charge in [-0.05, 0) is 12.8 Å². The molecule has 1 amide bonds. The van der Waals surface area contributed by atoms with Crippen LogP contribution in [0.1, 0.15) is 444 Å². The van der Waals surface area contributed by atoms with Gasteiger partial charge < -0.3 is 19.8 Å². The third-order valence-corrected chi connectivity index (χ3v) is 20.1. The summed E-state index contributed by atoms with van der Waals surface area (Å²) in [7, 11) is 1.65. The van der Waals surface area contributed by atoms with Gasteiger partial charge in [0.15, 0.2) is 0 Å². The fourth-order valence-electron chi connectivity index (χ4n) is 12.9. The molecule has 8 nitrogen and oxygen atoms in total. The van der Waals surface area contributed by atoms with Gasteiger partial charge in [0.25, 0.3) is 0 Å². The van der Waals surface area contributed by atoms with Crippen molar-refractivity contribution >= 4 is 13.7 Å². The zero-order valence-corrected chi connectivity index (χ0v) is 61.0. The van der Waals surface area contributed by atoms with E-state index in [0.717, 1.165) is 38.5 Å². The number of carbonyl (C=O) groups excluding carboxylic acids is 1. The van der Waals surface area contributed by atoms with Crippen LogP contribution in [0.4, 0.5) is 0 Å². The van der Waals surface area contributed by atoms with E-state index in [1.807, 2.05) is 21.1 Å². The van der Waals surface area contributed by atoms with E-state index in [-0.39, 0.29) is 19.1 Å². The second kappa shape index (κ2) is 69.8. The summed E-state index contributed by atoms with van der Waals surface area (Å²) in [6.07, 6.45) is 89.8. The van der Waals surface area contributed by atoms with E-state index >= 15 is 0 Å². The van der Waals surface area contributed by atoms with Gasteiger partial charge in [-0.3, -0.25) is 13.8 Å². The smallest absolute Gasteiger partial charge is 0.391 e. The number of aliphatic hydroxyl groups is 1. The summed E-state index contributed by atoms with van der Waals surface area (Å²) in [4.78, 5) is 23.5. The zero-order valence-electron chi connectivity index (χ0n) is 60.1. The maximum atomic E-state index is 13.1. The van der Waals surface area contributed by atoms with Crippen molar-refractivity contribution in [2.75, 3.05) is 40.9 Å². The highest BCUT2D eigenvalue weighted by molar-refractivity contribution is 7.47. The topological polar surface area (TPSA) is 105 Å². The Labute approximate surface area is 546 Å². The van der Waals surface area contributed by atoms with Crippen LogP contribution in [-0.4, -0.2) is 73.4 Å². The first-order valence-electron chi connectivity index (χ1n) is 39.9. The minimum atomic E-state index is -4.33. The number of unbranched alkanes of at least 4 members (excludes halogenated alkanes) is 63. The number of quaternary nitrogens is 1. The minimum Gasteiger partial charge on any atom is -0.391 e. The van der Waals surface area contributed by atoms with Crippen molar-refractivity contribution in [3.63, 3.8) is 0 Å². The highest BCUT2D eigenvalue weighted by Gasteiger charge is 2.28. The molecule has 87 heavy (non-hydrogen) atoms. The Morgan fingerprint density at radius 1 is 0.345 bits per heavy atom. The average molecular weight is 1250 g/mol. The Bertz CT molecular complexity index is 1380. The standard InChI is InChI=1S/C78H159N2O6P/c1-6-8-10-12-14-16-18-20-22-24-26-28-30-32-34-35-36-37-38-39-40-41-42-43-44-45-46-48-50-52-54-56-58-60-62-64-66-68-70-72-78(82)79-76(75-86-87(83,84)85-74-73-80(3,4)5)77(81)71-69-67-65-63-61-59-57-55-53-51-49-47-33-31-29-27-25-23-21-19-17-15-13-11-9-7-2/h76-77,81H,6-75H2,1-5H3,(H-,79,82,83,84)/p+1. The lowest BCUT2D eigenvalue weighted by molar-refractivity contribution is -0.870. The average Bonchev–Trinajstić information content (AvgIpc) is 3.69. The minimum absolute atomic E-state index is 0.0796. The van der Waals surface area contributed by atoms with Crippen LogP contribution < -0.4 is 5.32 Å². The van der Waals surface area contributed by atoms with Gasteiger partial charge in [0, 0.05) is 6.42 Å². The molecule has 0 saturated carbocycles. The first-order chi connectivity index (χ1) is 42.5. The Balaban J connectivity index is 3.86. The highest BCUT2D eigenvalue weighted by atomic mass is 31.2. The molecule has 0 heterocycles. The first-order valence-corrected chi connectivity index (χ1v) is 41.4. The van der Waals surface area contributed by atoms with Crippen LogP contribution in [0.15, 0.2) is 0 Å². The van der Waals surface area contributed by atoms with Gasteiger partial charge in [-0.15, -0.1) is 0 Å². The van der Waals surface area contributed by atoms with Crippen LogP contribution in [0.3, 0.4) is 0 Å². The van der Waals surface area contributed by atoms with E-state index in [9.17, 15) is 19.4 Å². The summed E-state index contributed by atoms with van der Waals surface area (Å²) in [5.41, 5.74) is 0. The molecule has 9 heteroatoms. The summed E-state index contributed by atoms with van der Waals surface area (Å²) in [5.74, 6) is -0.132. The Morgan fingerprint density at radius 3 is 0.770 bits per heavy atom. The first kappa shape index (κ1) is 86.5. The van der Waals surface area contributed by atoms with Crippen molar-refractivity contribution in [1.82, 2.24) is 5.32 Å². The van der Waals surface area contributed by atoms with Crippen LogP contribution in [0.5, 0.6) is 0 Å². The Hall–Kier alpha value is -0.500. The second-order valence-electron chi connectivity index (χ2n) is 29.2. The number of carbonyl (C=O) groups is 1. The van der Waals surface area contributed by atoms with Crippen molar-refractivity contribution in [3.8, 4) is 0 Å². The number of nitrogens with one attached hydrogen (secondary N) is 1. The molecule has 0 aromatic rings. The summed E-state index contributed by atoms with van der Waals surface area (Å²) in [6.45, 7) is 4.98. The number of hydrogen-bond acceptors (Lipinski definition) is 5. The Morgan fingerprint density at radius 2 is 0.552 bits per heavy atom.